The highest BCUT2D eigenvalue weighted by molar-refractivity contribution is 5.99. The van der Waals surface area contributed by atoms with Crippen LogP contribution in [0.4, 0.5) is 4.79 Å². The molecule has 0 saturated heterocycles. The van der Waals surface area contributed by atoms with E-state index in [0.717, 1.165) is 0 Å². The van der Waals surface area contributed by atoms with Gasteiger partial charge in [-0.1, -0.05) is 27.7 Å². The Bertz CT molecular complexity index is 720. The molecule has 9 nitrogen and oxygen atoms in total. The van der Waals surface area contributed by atoms with Crippen molar-refractivity contribution in [3.8, 4) is 11.5 Å². The molecule has 29 heavy (non-hydrogen) atoms. The lowest BCUT2D eigenvalue weighted by atomic mass is 10.1. The summed E-state index contributed by atoms with van der Waals surface area (Å²) >= 11 is 0. The highest BCUT2D eigenvalue weighted by atomic mass is 16.7. The molecule has 1 rings (SSSR count). The molecule has 2 atom stereocenters. The number of carbonyl (C=O) groups excluding carboxylic acids is 3. The molecule has 1 heterocycles. The predicted molar refractivity (Wildman–Crippen MR) is 107 cm³/mol. The maximum absolute atomic E-state index is 12.7. The molecule has 1 aromatic rings. The zero-order valence-corrected chi connectivity index (χ0v) is 18.1. The lowest BCUT2D eigenvalue weighted by Crippen LogP contribution is -2.48. The summed E-state index contributed by atoms with van der Waals surface area (Å²) in [5.74, 6) is -0.689. The van der Waals surface area contributed by atoms with Crippen molar-refractivity contribution in [2.24, 2.45) is 11.8 Å². The second-order valence-electron chi connectivity index (χ2n) is 7.48. The second-order valence-corrected chi connectivity index (χ2v) is 7.48. The van der Waals surface area contributed by atoms with Crippen LogP contribution in [0.25, 0.3) is 0 Å². The number of amides is 2. The molecule has 2 N–H and O–H groups in total. The summed E-state index contributed by atoms with van der Waals surface area (Å²) in [6.07, 6.45) is 0.363. The van der Waals surface area contributed by atoms with E-state index in [2.05, 4.69) is 15.6 Å². The molecule has 0 spiro atoms. The minimum atomic E-state index is -0.976. The van der Waals surface area contributed by atoms with Gasteiger partial charge in [-0.2, -0.15) is 0 Å². The Morgan fingerprint density at radius 1 is 1.07 bits per heavy atom. The minimum Gasteiger partial charge on any atom is -0.493 e. The minimum absolute atomic E-state index is 0.0496. The van der Waals surface area contributed by atoms with Crippen LogP contribution in [0.15, 0.2) is 12.3 Å². The molecule has 0 aliphatic carbocycles. The van der Waals surface area contributed by atoms with E-state index in [4.69, 9.17) is 14.2 Å². The van der Waals surface area contributed by atoms with Crippen molar-refractivity contribution in [1.82, 2.24) is 15.6 Å². The van der Waals surface area contributed by atoms with Gasteiger partial charge in [-0.3, -0.25) is 9.59 Å². The van der Waals surface area contributed by atoms with Crippen LogP contribution >= 0.6 is 0 Å². The molecular formula is C20H31N3O6. The summed E-state index contributed by atoms with van der Waals surface area (Å²) in [6.45, 7) is 11.3. The Morgan fingerprint density at radius 2 is 1.72 bits per heavy atom. The number of hydrogen-bond donors (Lipinski definition) is 2. The number of pyridine rings is 1. The number of ether oxygens (including phenoxy) is 3. The van der Waals surface area contributed by atoms with Crippen LogP contribution in [0, 0.1) is 11.8 Å². The van der Waals surface area contributed by atoms with E-state index in [0.29, 0.717) is 0 Å². The smallest absolute Gasteiger partial charge is 0.493 e. The van der Waals surface area contributed by atoms with E-state index in [9.17, 15) is 14.4 Å². The Hall–Kier alpha value is -2.84. The zero-order valence-electron chi connectivity index (χ0n) is 18.1. The van der Waals surface area contributed by atoms with Crippen LogP contribution in [0.3, 0.4) is 0 Å². The van der Waals surface area contributed by atoms with Crippen molar-refractivity contribution < 1.29 is 28.6 Å². The van der Waals surface area contributed by atoms with E-state index in [-0.39, 0.29) is 47.6 Å². The van der Waals surface area contributed by atoms with Gasteiger partial charge in [0.2, 0.25) is 11.7 Å². The van der Waals surface area contributed by atoms with Crippen LogP contribution in [0.2, 0.25) is 0 Å². The fraction of sp³-hybridized carbons (Fsp3) is 0.600. The van der Waals surface area contributed by atoms with Crippen LogP contribution in [0.1, 0.15) is 52.0 Å². The topological polar surface area (TPSA) is 116 Å². The molecule has 1 aromatic heterocycles. The molecule has 0 aliphatic heterocycles. The zero-order chi connectivity index (χ0) is 22.1. The third kappa shape index (κ3) is 7.59. The monoisotopic (exact) mass is 409 g/mol. The van der Waals surface area contributed by atoms with Gasteiger partial charge >= 0.3 is 6.16 Å². The fourth-order valence-electron chi connectivity index (χ4n) is 2.05. The predicted octanol–water partition coefficient (Wildman–Crippen LogP) is 2.54. The fourth-order valence-corrected chi connectivity index (χ4v) is 2.05. The molecular weight excluding hydrogens is 378 g/mol. The number of aromatic nitrogens is 1. The van der Waals surface area contributed by atoms with Gasteiger partial charge in [-0.15, -0.1) is 0 Å². The first kappa shape index (κ1) is 24.2. The van der Waals surface area contributed by atoms with Crippen LogP contribution in [-0.2, 0) is 9.53 Å². The van der Waals surface area contributed by atoms with Gasteiger partial charge in [0.15, 0.2) is 11.4 Å². The Labute approximate surface area is 171 Å². The van der Waals surface area contributed by atoms with E-state index < -0.39 is 18.1 Å². The maximum Gasteiger partial charge on any atom is 0.514 e. The summed E-state index contributed by atoms with van der Waals surface area (Å²) in [7, 11) is 1.37. The molecule has 2 amide bonds. The second kappa shape index (κ2) is 11.2. The van der Waals surface area contributed by atoms with Crippen LogP contribution in [0.5, 0.6) is 11.5 Å². The summed E-state index contributed by atoms with van der Waals surface area (Å²) in [5, 5.41) is 5.38. The van der Waals surface area contributed by atoms with Gasteiger partial charge < -0.3 is 24.8 Å². The number of carbonyl (C=O) groups is 3. The number of nitrogens with zero attached hydrogens (tertiary/aromatic N) is 1. The van der Waals surface area contributed by atoms with Gasteiger partial charge in [-0.05, 0) is 25.7 Å². The van der Waals surface area contributed by atoms with Crippen LogP contribution < -0.4 is 20.1 Å². The molecule has 0 aromatic carbocycles. The van der Waals surface area contributed by atoms with Crippen molar-refractivity contribution in [2.75, 3.05) is 13.7 Å². The average molecular weight is 409 g/mol. The van der Waals surface area contributed by atoms with Gasteiger partial charge in [0.25, 0.3) is 5.91 Å². The SMILES string of the molecule is COc1ccnc(C(=O)N[C@@H](C)C(=O)NC(C)C(C)C)c1OC(=O)OCC(C)C. The number of hydrogen-bond acceptors (Lipinski definition) is 7. The summed E-state index contributed by atoms with van der Waals surface area (Å²) < 4.78 is 15.3. The lowest BCUT2D eigenvalue weighted by Gasteiger charge is -2.21. The maximum atomic E-state index is 12.7. The van der Waals surface area contributed by atoms with Crippen molar-refractivity contribution >= 4 is 18.0 Å². The molecule has 0 saturated carbocycles. The summed E-state index contributed by atoms with van der Waals surface area (Å²) in [6, 6.07) is 0.575. The third-order valence-corrected chi connectivity index (χ3v) is 4.13. The highest BCUT2D eigenvalue weighted by Crippen LogP contribution is 2.30. The van der Waals surface area contributed by atoms with Gasteiger partial charge in [-0.25, -0.2) is 9.78 Å². The van der Waals surface area contributed by atoms with Gasteiger partial charge in [0.1, 0.15) is 6.04 Å². The van der Waals surface area contributed by atoms with E-state index in [1.807, 2.05) is 34.6 Å². The van der Waals surface area contributed by atoms with Crippen LogP contribution in [-0.4, -0.2) is 48.8 Å². The number of nitrogens with one attached hydrogen (secondary N) is 2. The Morgan fingerprint density at radius 3 is 2.28 bits per heavy atom. The molecule has 0 radical (unpaired) electrons. The first-order valence-electron chi connectivity index (χ1n) is 9.55. The van der Waals surface area contributed by atoms with E-state index in [1.165, 1.54) is 19.4 Å². The summed E-state index contributed by atoms with van der Waals surface area (Å²) in [4.78, 5) is 40.9. The van der Waals surface area contributed by atoms with Crippen molar-refractivity contribution in [3.63, 3.8) is 0 Å². The lowest BCUT2D eigenvalue weighted by molar-refractivity contribution is -0.123. The molecule has 0 aliphatic rings. The average Bonchev–Trinajstić information content (AvgIpc) is 2.66. The number of methoxy groups -OCH3 is 1. The number of rotatable bonds is 9. The molecule has 0 fully saturated rings. The van der Waals surface area contributed by atoms with Crippen molar-refractivity contribution in [1.29, 1.82) is 0 Å². The normalized spacial score (nSPS) is 12.9. The Balaban J connectivity index is 2.94. The standard InChI is InChI=1S/C20H31N3O6/c1-11(2)10-28-20(26)29-17-15(27-7)8-9-21-16(17)19(25)23-14(6)18(24)22-13(5)12(3)4/h8-9,11-14H,10H2,1-7H3,(H,22,24)(H,23,25)/t13?,14-/m0/s1. The first-order chi connectivity index (χ1) is 13.6. The molecule has 9 heteroatoms. The first-order valence-corrected chi connectivity index (χ1v) is 9.55. The molecule has 162 valence electrons. The highest BCUT2D eigenvalue weighted by Gasteiger charge is 2.25. The third-order valence-electron chi connectivity index (χ3n) is 4.13. The molecule has 0 bridgehead atoms. The quantitative estimate of drug-likeness (QED) is 0.602. The van der Waals surface area contributed by atoms with Crippen molar-refractivity contribution in [3.05, 3.63) is 18.0 Å². The largest absolute Gasteiger partial charge is 0.514 e. The van der Waals surface area contributed by atoms with Crippen molar-refractivity contribution in [2.45, 2.75) is 53.6 Å². The molecule has 1 unspecified atom stereocenters. The summed E-state index contributed by atoms with van der Waals surface area (Å²) in [5.41, 5.74) is -0.192. The van der Waals surface area contributed by atoms with Gasteiger partial charge in [0.05, 0.1) is 13.7 Å². The Kier molecular flexibility index (Phi) is 9.37. The van der Waals surface area contributed by atoms with E-state index >= 15 is 0 Å². The van der Waals surface area contributed by atoms with E-state index in [1.54, 1.807) is 6.92 Å². The van der Waals surface area contributed by atoms with Gasteiger partial charge in [0, 0.05) is 18.3 Å².